The smallest absolute Gasteiger partial charge is 0.220 e. The Balaban J connectivity index is 1.17. The van der Waals surface area contributed by atoms with Gasteiger partial charge in [0.05, 0.1) is 55.0 Å². The molecule has 4 aromatic heterocycles. The predicted octanol–water partition coefficient (Wildman–Crippen LogP) is 21.4. The van der Waals surface area contributed by atoms with Crippen LogP contribution in [0.15, 0.2) is 255 Å². The first-order chi connectivity index (χ1) is 39.7. The molecule has 0 aliphatic carbocycles. The van der Waals surface area contributed by atoms with E-state index in [4.69, 9.17) is 0 Å². The second-order valence-corrected chi connectivity index (χ2v) is 22.4. The van der Waals surface area contributed by atoms with Crippen LogP contribution in [0.1, 0.15) is 5.56 Å². The first-order valence-electron chi connectivity index (χ1n) is 26.8. The summed E-state index contributed by atoms with van der Waals surface area (Å²) in [4.78, 5) is 4.67. The molecule has 4 heterocycles. The van der Waals surface area contributed by atoms with Crippen LogP contribution >= 0.6 is 22.7 Å². The van der Waals surface area contributed by atoms with Crippen molar-refractivity contribution in [3.8, 4) is 73.1 Å². The largest absolute Gasteiger partial charge is 0.318 e. The molecular formula is C74H42N4S2. The highest BCUT2D eigenvalue weighted by atomic mass is 32.1. The van der Waals surface area contributed by atoms with Gasteiger partial charge in [-0.3, -0.25) is 0 Å². The van der Waals surface area contributed by atoms with Crippen molar-refractivity contribution < 1.29 is 0 Å². The Morgan fingerprint density at radius 2 is 0.838 bits per heavy atom. The van der Waals surface area contributed by atoms with Gasteiger partial charge in [-0.2, -0.15) is 5.26 Å². The van der Waals surface area contributed by atoms with E-state index in [1.54, 1.807) is 11.3 Å². The van der Waals surface area contributed by atoms with Crippen molar-refractivity contribution in [2.24, 2.45) is 0 Å². The minimum atomic E-state index is 0.402. The van der Waals surface area contributed by atoms with Crippen molar-refractivity contribution in [3.05, 3.63) is 272 Å². The number of benzene rings is 12. The third kappa shape index (κ3) is 6.65. The standard InChI is InChI=1S/C74H42N4S2/c1-76-67-64(48-28-13-5-14-29-48)59(44-75)68(65(49-30-15-6-16-31-49)71(67)77-60-36-19-17-33-58(60)66-61(77)43-42-50(45-22-7-2-8-23-45)63(66)47-26-11-4-12-27-47)78-69-53(38-40-56-52-32-18-20-37-62(52)79-73(56)69)54-39-41-57-55-35-21-34-51(46-24-9-3-10-25-46)72(55)80-74(57)70(54)78/h2-43H. The predicted molar refractivity (Wildman–Crippen MR) is 339 cm³/mol. The van der Waals surface area contributed by atoms with E-state index in [0.29, 0.717) is 22.5 Å². The number of rotatable bonds is 7. The van der Waals surface area contributed by atoms with Gasteiger partial charge >= 0.3 is 0 Å². The Morgan fingerprint density at radius 3 is 1.46 bits per heavy atom. The Labute approximate surface area is 468 Å². The fourth-order valence-corrected chi connectivity index (χ4v) is 15.5. The molecule has 6 heteroatoms. The van der Waals surface area contributed by atoms with Gasteiger partial charge in [0.15, 0.2) is 0 Å². The van der Waals surface area contributed by atoms with Gasteiger partial charge in [-0.05, 0) is 62.7 Å². The van der Waals surface area contributed by atoms with E-state index in [1.807, 2.05) is 35.6 Å². The van der Waals surface area contributed by atoms with Crippen LogP contribution in [-0.2, 0) is 0 Å². The maximum absolute atomic E-state index is 12.4. The lowest BCUT2D eigenvalue weighted by atomic mass is 9.88. The fraction of sp³-hybridized carbons (Fsp3) is 0. The van der Waals surface area contributed by atoms with Crippen LogP contribution in [0.2, 0.25) is 0 Å². The summed E-state index contributed by atoms with van der Waals surface area (Å²) in [5.74, 6) is 0. The van der Waals surface area contributed by atoms with E-state index in [-0.39, 0.29) is 0 Å². The van der Waals surface area contributed by atoms with Gasteiger partial charge in [-0.25, -0.2) is 4.85 Å². The van der Waals surface area contributed by atoms with Crippen molar-refractivity contribution >= 4 is 112 Å². The molecule has 0 atom stereocenters. The zero-order valence-electron chi connectivity index (χ0n) is 42.9. The maximum atomic E-state index is 12.4. The number of thiophene rings is 2. The van der Waals surface area contributed by atoms with Crippen molar-refractivity contribution in [1.29, 1.82) is 5.26 Å². The maximum Gasteiger partial charge on any atom is 0.220 e. The van der Waals surface area contributed by atoms with E-state index in [2.05, 4.69) is 251 Å². The molecule has 0 bridgehead atoms. The third-order valence-corrected chi connectivity index (χ3v) is 18.6. The molecule has 4 nitrogen and oxygen atoms in total. The molecule has 16 rings (SSSR count). The van der Waals surface area contributed by atoms with Crippen LogP contribution in [-0.4, -0.2) is 9.13 Å². The van der Waals surface area contributed by atoms with E-state index in [1.165, 1.54) is 25.7 Å². The summed E-state index contributed by atoms with van der Waals surface area (Å²) in [6.45, 7) is 9.58. The SMILES string of the molecule is [C-]#[N+]c1c(-c2ccccc2)c(C#N)c(-n2c3c(ccc4c5ccccc5sc43)c3ccc4c5cccc(-c6ccccc6)c5sc4c32)c(-c2ccccc2)c1-n1c2ccccc2c2c(-c3ccccc3)c(-c3ccccc3)ccc21. The van der Waals surface area contributed by atoms with E-state index < -0.39 is 0 Å². The molecular weight excluding hydrogens is 1010 g/mol. The summed E-state index contributed by atoms with van der Waals surface area (Å²) < 4.78 is 9.48. The van der Waals surface area contributed by atoms with Gasteiger partial charge < -0.3 is 9.13 Å². The molecule has 16 aromatic rings. The molecule has 12 aromatic carbocycles. The van der Waals surface area contributed by atoms with Crippen LogP contribution in [0.3, 0.4) is 0 Å². The molecule has 370 valence electrons. The number of hydrogen-bond acceptors (Lipinski definition) is 3. The summed E-state index contributed by atoms with van der Waals surface area (Å²) >= 11 is 3.62. The lowest BCUT2D eigenvalue weighted by Crippen LogP contribution is -2.09. The molecule has 0 saturated carbocycles. The van der Waals surface area contributed by atoms with Crippen molar-refractivity contribution in [1.82, 2.24) is 9.13 Å². The van der Waals surface area contributed by atoms with E-state index >= 15 is 0 Å². The van der Waals surface area contributed by atoms with Gasteiger partial charge in [0.1, 0.15) is 6.07 Å². The molecule has 0 aliphatic heterocycles. The number of fused-ring (bicyclic) bond motifs is 14. The van der Waals surface area contributed by atoms with Gasteiger partial charge in [-0.15, -0.1) is 22.7 Å². The minimum Gasteiger partial charge on any atom is -0.318 e. The van der Waals surface area contributed by atoms with Crippen LogP contribution in [0.5, 0.6) is 0 Å². The van der Waals surface area contributed by atoms with Gasteiger partial charge in [-0.1, -0.05) is 237 Å². The zero-order chi connectivity index (χ0) is 53.0. The Kier molecular flexibility index (Phi) is 10.4. The van der Waals surface area contributed by atoms with Crippen molar-refractivity contribution in [2.45, 2.75) is 0 Å². The van der Waals surface area contributed by atoms with Gasteiger partial charge in [0.2, 0.25) is 5.69 Å². The second kappa shape index (κ2) is 18.1. The molecule has 0 unspecified atom stereocenters. The highest BCUT2D eigenvalue weighted by Gasteiger charge is 2.34. The summed E-state index contributed by atoms with van der Waals surface area (Å²) in [6, 6.07) is 93.3. The van der Waals surface area contributed by atoms with E-state index in [0.717, 1.165) is 114 Å². The minimum absolute atomic E-state index is 0.402. The normalized spacial score (nSPS) is 11.7. The van der Waals surface area contributed by atoms with Crippen molar-refractivity contribution in [2.75, 3.05) is 0 Å². The fourth-order valence-electron chi connectivity index (χ4n) is 12.9. The average molecular weight is 1050 g/mol. The Morgan fingerprint density at radius 1 is 0.350 bits per heavy atom. The first-order valence-corrected chi connectivity index (χ1v) is 28.4. The highest BCUT2D eigenvalue weighted by molar-refractivity contribution is 7.27. The van der Waals surface area contributed by atoms with Crippen LogP contribution < -0.4 is 0 Å². The second-order valence-electron chi connectivity index (χ2n) is 20.4. The van der Waals surface area contributed by atoms with Crippen LogP contribution in [0.4, 0.5) is 5.69 Å². The molecule has 0 fully saturated rings. The summed E-state index contributed by atoms with van der Waals surface area (Å²) in [5.41, 5.74) is 16.1. The topological polar surface area (TPSA) is 38.0 Å². The van der Waals surface area contributed by atoms with Gasteiger partial charge in [0.25, 0.3) is 0 Å². The van der Waals surface area contributed by atoms with Crippen LogP contribution in [0, 0.1) is 17.9 Å². The van der Waals surface area contributed by atoms with Crippen LogP contribution in [0.25, 0.3) is 156 Å². The quantitative estimate of drug-likeness (QED) is 0.147. The third-order valence-electron chi connectivity index (χ3n) is 16.2. The van der Waals surface area contributed by atoms with Gasteiger partial charge in [0, 0.05) is 63.6 Å². The average Bonchev–Trinajstić information content (AvgIpc) is 4.47. The monoisotopic (exact) mass is 1050 g/mol. The lowest BCUT2D eigenvalue weighted by Gasteiger charge is -2.26. The van der Waals surface area contributed by atoms with E-state index in [9.17, 15) is 11.8 Å². The Hall–Kier alpha value is -10.3. The molecule has 0 amide bonds. The number of para-hydroxylation sites is 1. The molecule has 0 saturated heterocycles. The molecule has 0 spiro atoms. The number of hydrogen-bond donors (Lipinski definition) is 0. The molecule has 80 heavy (non-hydrogen) atoms. The van der Waals surface area contributed by atoms with Crippen molar-refractivity contribution in [3.63, 3.8) is 0 Å². The summed E-state index contributed by atoms with van der Waals surface area (Å²) in [7, 11) is 0. The number of aromatic nitrogens is 2. The molecule has 0 radical (unpaired) electrons. The number of nitriles is 1. The highest BCUT2D eigenvalue weighted by Crippen LogP contribution is 2.56. The lowest BCUT2D eigenvalue weighted by molar-refractivity contribution is 1.14. The number of nitrogens with zero attached hydrogens (tertiary/aromatic N) is 4. The Bertz CT molecular complexity index is 5290. The molecule has 0 N–H and O–H groups in total. The zero-order valence-corrected chi connectivity index (χ0v) is 44.5. The summed E-state index contributed by atoms with van der Waals surface area (Å²) in [5, 5.41) is 21.4. The first kappa shape index (κ1) is 45.8. The summed E-state index contributed by atoms with van der Waals surface area (Å²) in [6.07, 6.45) is 0. The molecule has 0 aliphatic rings.